The van der Waals surface area contributed by atoms with Gasteiger partial charge in [0, 0.05) is 36.8 Å². The van der Waals surface area contributed by atoms with E-state index in [1.165, 1.54) is 0 Å². The molecule has 0 radical (unpaired) electrons. The molecule has 1 amide bonds. The summed E-state index contributed by atoms with van der Waals surface area (Å²) in [4.78, 5) is 30.3. The zero-order valence-corrected chi connectivity index (χ0v) is 21.6. The largest absolute Gasteiger partial charge is 0.507 e. The van der Waals surface area contributed by atoms with Crippen molar-refractivity contribution in [3.63, 3.8) is 0 Å². The van der Waals surface area contributed by atoms with Crippen LogP contribution >= 0.6 is 11.6 Å². The van der Waals surface area contributed by atoms with E-state index in [4.69, 9.17) is 21.1 Å². The molecule has 1 atom stereocenters. The van der Waals surface area contributed by atoms with Crippen LogP contribution in [0, 0.1) is 0 Å². The lowest BCUT2D eigenvalue weighted by Crippen LogP contribution is -2.42. The number of halogens is 1. The highest BCUT2D eigenvalue weighted by molar-refractivity contribution is 6.46. The average molecular weight is 533 g/mol. The fourth-order valence-corrected chi connectivity index (χ4v) is 4.91. The normalized spacial score (nSPS) is 19.6. The molecule has 2 aliphatic heterocycles. The molecule has 1 N–H and O–H groups in total. The van der Waals surface area contributed by atoms with Crippen molar-refractivity contribution in [3.8, 4) is 5.75 Å². The SMILES string of the molecule is O=C1C(=O)N(CCN2CCOCC2)C(c2ccc(OCc3ccccc3)cc2)/C1=C(/O)c1ccc(Cl)cc1. The molecule has 0 aliphatic carbocycles. The highest BCUT2D eigenvalue weighted by Crippen LogP contribution is 2.40. The average Bonchev–Trinajstić information content (AvgIpc) is 3.21. The minimum Gasteiger partial charge on any atom is -0.507 e. The molecule has 2 fully saturated rings. The number of nitrogens with zero attached hydrogens (tertiary/aromatic N) is 2. The summed E-state index contributed by atoms with van der Waals surface area (Å²) in [6.07, 6.45) is 0. The lowest BCUT2D eigenvalue weighted by molar-refractivity contribution is -0.140. The minimum absolute atomic E-state index is 0.0669. The van der Waals surface area contributed by atoms with Crippen LogP contribution in [0.15, 0.2) is 84.4 Å². The number of hydrogen-bond acceptors (Lipinski definition) is 6. The van der Waals surface area contributed by atoms with Gasteiger partial charge in [0.2, 0.25) is 0 Å². The van der Waals surface area contributed by atoms with Crippen LogP contribution < -0.4 is 4.74 Å². The maximum atomic E-state index is 13.3. The van der Waals surface area contributed by atoms with E-state index < -0.39 is 17.7 Å². The van der Waals surface area contributed by atoms with Crippen molar-refractivity contribution in [1.82, 2.24) is 9.80 Å². The molecule has 5 rings (SSSR count). The lowest BCUT2D eigenvalue weighted by atomic mass is 9.95. The fraction of sp³-hybridized carbons (Fsp3) is 0.267. The Bertz CT molecular complexity index is 1300. The van der Waals surface area contributed by atoms with Crippen LogP contribution in [0.4, 0.5) is 0 Å². The second-order valence-corrected chi connectivity index (χ2v) is 9.73. The van der Waals surface area contributed by atoms with Gasteiger partial charge in [0.05, 0.1) is 24.8 Å². The number of morpholine rings is 1. The van der Waals surface area contributed by atoms with Crippen LogP contribution in [0.1, 0.15) is 22.7 Å². The van der Waals surface area contributed by atoms with Gasteiger partial charge in [-0.05, 0) is 47.5 Å². The molecule has 0 spiro atoms. The summed E-state index contributed by atoms with van der Waals surface area (Å²) in [6.45, 7) is 4.20. The Kier molecular flexibility index (Phi) is 8.08. The maximum absolute atomic E-state index is 13.3. The van der Waals surface area contributed by atoms with E-state index in [-0.39, 0.29) is 11.3 Å². The van der Waals surface area contributed by atoms with Gasteiger partial charge in [0.25, 0.3) is 11.7 Å². The number of Topliss-reactive ketones (excluding diaryl/α,β-unsaturated/α-hetero) is 1. The number of hydrogen-bond donors (Lipinski definition) is 1. The van der Waals surface area contributed by atoms with Gasteiger partial charge in [-0.1, -0.05) is 54.1 Å². The maximum Gasteiger partial charge on any atom is 0.295 e. The van der Waals surface area contributed by atoms with Crippen molar-refractivity contribution in [2.45, 2.75) is 12.6 Å². The van der Waals surface area contributed by atoms with E-state index in [0.717, 1.165) is 18.7 Å². The van der Waals surface area contributed by atoms with Gasteiger partial charge in [-0.25, -0.2) is 0 Å². The van der Waals surface area contributed by atoms with Crippen LogP contribution in [0.2, 0.25) is 5.02 Å². The second kappa shape index (κ2) is 11.8. The Morgan fingerprint density at radius 3 is 2.29 bits per heavy atom. The zero-order chi connectivity index (χ0) is 26.5. The van der Waals surface area contributed by atoms with Gasteiger partial charge in [-0.2, -0.15) is 0 Å². The molecule has 1 unspecified atom stereocenters. The molecule has 2 heterocycles. The molecule has 38 heavy (non-hydrogen) atoms. The predicted octanol–water partition coefficient (Wildman–Crippen LogP) is 4.67. The molecule has 0 saturated carbocycles. The van der Waals surface area contributed by atoms with E-state index >= 15 is 0 Å². The van der Waals surface area contributed by atoms with E-state index in [2.05, 4.69) is 4.90 Å². The molecule has 8 heteroatoms. The number of ether oxygens (including phenoxy) is 2. The molecule has 3 aromatic rings. The highest BCUT2D eigenvalue weighted by atomic mass is 35.5. The number of ketones is 1. The number of carbonyl (C=O) groups is 2. The van der Waals surface area contributed by atoms with Crippen LogP contribution in [0.3, 0.4) is 0 Å². The molecule has 0 aromatic heterocycles. The third kappa shape index (κ3) is 5.75. The molecule has 7 nitrogen and oxygen atoms in total. The van der Waals surface area contributed by atoms with Crippen LogP contribution in [-0.2, 0) is 20.9 Å². The topological polar surface area (TPSA) is 79.3 Å². The summed E-state index contributed by atoms with van der Waals surface area (Å²) in [5.41, 5.74) is 2.26. The quantitative estimate of drug-likeness (QED) is 0.258. The van der Waals surface area contributed by atoms with Crippen molar-refractivity contribution < 1.29 is 24.2 Å². The summed E-state index contributed by atoms with van der Waals surface area (Å²) in [5, 5.41) is 11.7. The van der Waals surface area contributed by atoms with Crippen LogP contribution in [-0.4, -0.2) is 66.0 Å². The number of carbonyl (C=O) groups excluding carboxylic acids is 2. The standard InChI is InChI=1S/C30H29ClN2O5/c31-24-10-6-23(7-11-24)28(34)26-27(33(30(36)29(26)35)15-14-32-16-18-37-19-17-32)22-8-12-25(13-9-22)38-20-21-4-2-1-3-5-21/h1-13,27,34H,14-20H2/b28-26-. The third-order valence-corrected chi connectivity index (χ3v) is 7.11. The van der Waals surface area contributed by atoms with Gasteiger partial charge in [0.1, 0.15) is 18.1 Å². The van der Waals surface area contributed by atoms with Crippen molar-refractivity contribution >= 4 is 29.1 Å². The van der Waals surface area contributed by atoms with E-state index in [9.17, 15) is 14.7 Å². The first-order valence-electron chi connectivity index (χ1n) is 12.6. The van der Waals surface area contributed by atoms with Gasteiger partial charge < -0.3 is 19.5 Å². The molecule has 2 aliphatic rings. The monoisotopic (exact) mass is 532 g/mol. The smallest absolute Gasteiger partial charge is 0.295 e. The van der Waals surface area contributed by atoms with Crippen molar-refractivity contribution in [1.29, 1.82) is 0 Å². The molecule has 3 aromatic carbocycles. The third-order valence-electron chi connectivity index (χ3n) is 6.86. The summed E-state index contributed by atoms with van der Waals surface area (Å²) in [5.74, 6) is -0.874. The van der Waals surface area contributed by atoms with E-state index in [0.29, 0.717) is 54.8 Å². The Hall–Kier alpha value is -3.65. The van der Waals surface area contributed by atoms with Crippen molar-refractivity contribution in [2.24, 2.45) is 0 Å². The molecule has 0 bridgehead atoms. The van der Waals surface area contributed by atoms with E-state index in [1.54, 1.807) is 29.2 Å². The number of likely N-dealkylation sites (tertiary alicyclic amines) is 1. The Morgan fingerprint density at radius 1 is 0.921 bits per heavy atom. The first-order valence-corrected chi connectivity index (χ1v) is 13.0. The van der Waals surface area contributed by atoms with Crippen LogP contribution in [0.25, 0.3) is 5.76 Å². The Labute approximate surface area is 226 Å². The number of aliphatic hydroxyl groups excluding tert-OH is 1. The van der Waals surface area contributed by atoms with Gasteiger partial charge in [-0.3, -0.25) is 14.5 Å². The minimum atomic E-state index is -0.727. The predicted molar refractivity (Wildman–Crippen MR) is 145 cm³/mol. The van der Waals surface area contributed by atoms with Crippen LogP contribution in [0.5, 0.6) is 5.75 Å². The van der Waals surface area contributed by atoms with Gasteiger partial charge >= 0.3 is 0 Å². The molecule has 2 saturated heterocycles. The zero-order valence-electron chi connectivity index (χ0n) is 20.9. The summed E-state index contributed by atoms with van der Waals surface area (Å²) >= 11 is 6.02. The van der Waals surface area contributed by atoms with Gasteiger partial charge in [-0.15, -0.1) is 0 Å². The van der Waals surface area contributed by atoms with E-state index in [1.807, 2.05) is 54.6 Å². The summed E-state index contributed by atoms with van der Waals surface area (Å²) in [6, 6.07) is 23.0. The summed E-state index contributed by atoms with van der Waals surface area (Å²) < 4.78 is 11.3. The first-order chi connectivity index (χ1) is 18.5. The number of benzene rings is 3. The second-order valence-electron chi connectivity index (χ2n) is 9.30. The highest BCUT2D eigenvalue weighted by Gasteiger charge is 2.46. The lowest BCUT2D eigenvalue weighted by Gasteiger charge is -2.31. The van der Waals surface area contributed by atoms with Gasteiger partial charge in [0.15, 0.2) is 0 Å². The fourth-order valence-electron chi connectivity index (χ4n) is 4.78. The number of amides is 1. The Balaban J connectivity index is 1.44. The van der Waals surface area contributed by atoms with Crippen molar-refractivity contribution in [2.75, 3.05) is 39.4 Å². The Morgan fingerprint density at radius 2 is 1.61 bits per heavy atom. The molecular formula is C30H29ClN2O5. The first kappa shape index (κ1) is 26.0. The number of rotatable bonds is 8. The summed E-state index contributed by atoms with van der Waals surface area (Å²) in [7, 11) is 0. The molecular weight excluding hydrogens is 504 g/mol. The number of aliphatic hydroxyl groups is 1. The van der Waals surface area contributed by atoms with Crippen molar-refractivity contribution in [3.05, 3.63) is 106 Å². The molecule has 196 valence electrons.